The fraction of sp³-hybridized carbons (Fsp3) is 0.700. The minimum atomic E-state index is 0.315. The third-order valence-corrected chi connectivity index (χ3v) is 2.31. The summed E-state index contributed by atoms with van der Waals surface area (Å²) in [6.45, 7) is 2.20. The van der Waals surface area contributed by atoms with Gasteiger partial charge in [-0.2, -0.15) is 0 Å². The molecule has 62 valence electrons. The van der Waals surface area contributed by atoms with Crippen LogP contribution in [0.4, 0.5) is 0 Å². The van der Waals surface area contributed by atoms with Gasteiger partial charge in [-0.3, -0.25) is 0 Å². The van der Waals surface area contributed by atoms with Crippen LogP contribution in [0.1, 0.15) is 39.0 Å². The highest BCUT2D eigenvalue weighted by atomic mass is 16.1. The van der Waals surface area contributed by atoms with Crippen LogP contribution in [0.3, 0.4) is 0 Å². The Hall–Kier alpha value is -0.590. The Labute approximate surface area is 68.5 Å². The molecule has 0 amide bonds. The second-order valence-electron chi connectivity index (χ2n) is 3.28. The molecule has 1 rings (SSSR count). The van der Waals surface area contributed by atoms with Crippen LogP contribution in [0, 0.1) is 5.92 Å². The third kappa shape index (κ3) is 2.49. The first-order valence-electron chi connectivity index (χ1n) is 4.50. The molecule has 0 aromatic heterocycles. The van der Waals surface area contributed by atoms with Gasteiger partial charge >= 0.3 is 0 Å². The van der Waals surface area contributed by atoms with Gasteiger partial charge in [-0.1, -0.05) is 25.0 Å². The Balaban J connectivity index is 2.37. The Bertz CT molecular complexity index is 158. The number of hydrogen-bond acceptors (Lipinski definition) is 1. The number of carbonyl (C=O) groups excluding carboxylic acids is 1. The molecule has 1 nitrogen and oxygen atoms in total. The maximum atomic E-state index is 10.4. The lowest BCUT2D eigenvalue weighted by molar-refractivity contribution is -0.111. The van der Waals surface area contributed by atoms with Crippen LogP contribution in [0.5, 0.6) is 0 Å². The fourth-order valence-corrected chi connectivity index (χ4v) is 1.58. The standard InChI is InChI=1S/C10H16O/c1-2-3-9-4-6-10(8-11)7-5-9/h4,8,10H,2-3,5-7H2,1H3. The van der Waals surface area contributed by atoms with Crippen LogP contribution in [0.25, 0.3) is 0 Å². The van der Waals surface area contributed by atoms with E-state index in [9.17, 15) is 4.79 Å². The molecule has 0 fully saturated rings. The summed E-state index contributed by atoms with van der Waals surface area (Å²) in [5.41, 5.74) is 1.56. The summed E-state index contributed by atoms with van der Waals surface area (Å²) in [5, 5.41) is 0. The van der Waals surface area contributed by atoms with E-state index in [2.05, 4.69) is 13.0 Å². The molecular weight excluding hydrogens is 136 g/mol. The van der Waals surface area contributed by atoms with Gasteiger partial charge in [0.25, 0.3) is 0 Å². The Morgan fingerprint density at radius 2 is 2.55 bits per heavy atom. The van der Waals surface area contributed by atoms with Crippen molar-refractivity contribution < 1.29 is 4.79 Å². The van der Waals surface area contributed by atoms with Crippen LogP contribution >= 0.6 is 0 Å². The van der Waals surface area contributed by atoms with Crippen LogP contribution < -0.4 is 0 Å². The zero-order valence-corrected chi connectivity index (χ0v) is 7.18. The van der Waals surface area contributed by atoms with Crippen LogP contribution in [0.2, 0.25) is 0 Å². The highest BCUT2D eigenvalue weighted by Gasteiger charge is 2.11. The van der Waals surface area contributed by atoms with Crippen molar-refractivity contribution in [2.45, 2.75) is 39.0 Å². The molecule has 0 saturated heterocycles. The summed E-state index contributed by atoms with van der Waals surface area (Å²) in [6, 6.07) is 0. The van der Waals surface area contributed by atoms with Crippen molar-refractivity contribution >= 4 is 6.29 Å². The third-order valence-electron chi connectivity index (χ3n) is 2.31. The Morgan fingerprint density at radius 3 is 3.00 bits per heavy atom. The van der Waals surface area contributed by atoms with Gasteiger partial charge in [0, 0.05) is 5.92 Å². The Kier molecular flexibility index (Phi) is 3.34. The van der Waals surface area contributed by atoms with Gasteiger partial charge in [0.05, 0.1) is 0 Å². The first-order chi connectivity index (χ1) is 5.36. The van der Waals surface area contributed by atoms with Gasteiger partial charge in [0.2, 0.25) is 0 Å². The van der Waals surface area contributed by atoms with E-state index in [-0.39, 0.29) is 0 Å². The molecule has 1 heteroatoms. The molecule has 1 aliphatic carbocycles. The van der Waals surface area contributed by atoms with E-state index in [1.54, 1.807) is 5.57 Å². The molecule has 0 heterocycles. The lowest BCUT2D eigenvalue weighted by Gasteiger charge is -2.16. The summed E-state index contributed by atoms with van der Waals surface area (Å²) in [6.07, 6.45) is 9.03. The summed E-state index contributed by atoms with van der Waals surface area (Å²) in [5.74, 6) is 0.315. The monoisotopic (exact) mass is 152 g/mol. The lowest BCUT2D eigenvalue weighted by Crippen LogP contribution is -2.06. The molecule has 0 aliphatic heterocycles. The molecule has 11 heavy (non-hydrogen) atoms. The van der Waals surface area contributed by atoms with Crippen LogP contribution in [-0.2, 0) is 4.79 Å². The van der Waals surface area contributed by atoms with Crippen molar-refractivity contribution in [2.75, 3.05) is 0 Å². The first-order valence-corrected chi connectivity index (χ1v) is 4.50. The predicted molar refractivity (Wildman–Crippen MR) is 46.4 cm³/mol. The fourth-order valence-electron chi connectivity index (χ4n) is 1.58. The lowest BCUT2D eigenvalue weighted by atomic mass is 9.89. The first kappa shape index (κ1) is 8.51. The molecule has 0 N–H and O–H groups in total. The van der Waals surface area contributed by atoms with Crippen molar-refractivity contribution in [1.29, 1.82) is 0 Å². The predicted octanol–water partition coefficient (Wildman–Crippen LogP) is 2.71. The topological polar surface area (TPSA) is 17.1 Å². The average molecular weight is 152 g/mol. The molecular formula is C10H16O. The summed E-state index contributed by atoms with van der Waals surface area (Å²) >= 11 is 0. The maximum absolute atomic E-state index is 10.4. The van der Waals surface area contributed by atoms with Gasteiger partial charge < -0.3 is 4.79 Å². The second kappa shape index (κ2) is 4.32. The molecule has 0 radical (unpaired) electrons. The van der Waals surface area contributed by atoms with Crippen molar-refractivity contribution in [1.82, 2.24) is 0 Å². The summed E-state index contributed by atoms with van der Waals surface area (Å²) in [7, 11) is 0. The highest BCUT2D eigenvalue weighted by molar-refractivity contribution is 5.54. The maximum Gasteiger partial charge on any atom is 0.123 e. The average Bonchev–Trinajstić information content (AvgIpc) is 2.07. The van der Waals surface area contributed by atoms with Crippen molar-refractivity contribution in [3.63, 3.8) is 0 Å². The minimum Gasteiger partial charge on any atom is -0.303 e. The van der Waals surface area contributed by atoms with Gasteiger partial charge in [0.1, 0.15) is 6.29 Å². The smallest absolute Gasteiger partial charge is 0.123 e. The quantitative estimate of drug-likeness (QED) is 0.449. The zero-order chi connectivity index (χ0) is 8.10. The van der Waals surface area contributed by atoms with E-state index in [4.69, 9.17) is 0 Å². The minimum absolute atomic E-state index is 0.315. The molecule has 0 spiro atoms. The Morgan fingerprint density at radius 1 is 1.73 bits per heavy atom. The number of allylic oxidation sites excluding steroid dienone is 2. The van der Waals surface area contributed by atoms with Gasteiger partial charge in [-0.15, -0.1) is 0 Å². The van der Waals surface area contributed by atoms with Crippen molar-refractivity contribution in [3.8, 4) is 0 Å². The molecule has 0 aromatic rings. The van der Waals surface area contributed by atoms with Crippen molar-refractivity contribution in [2.24, 2.45) is 5.92 Å². The van der Waals surface area contributed by atoms with E-state index < -0.39 is 0 Å². The van der Waals surface area contributed by atoms with Gasteiger partial charge in [-0.05, 0) is 25.7 Å². The number of rotatable bonds is 3. The van der Waals surface area contributed by atoms with Crippen molar-refractivity contribution in [3.05, 3.63) is 11.6 Å². The van der Waals surface area contributed by atoms with E-state index in [0.29, 0.717) is 5.92 Å². The molecule has 0 aromatic carbocycles. The molecule has 0 saturated carbocycles. The number of hydrogen-bond donors (Lipinski definition) is 0. The SMILES string of the molecule is CCCC1=CCC(C=O)CC1. The number of carbonyl (C=O) groups is 1. The molecule has 1 aliphatic rings. The van der Waals surface area contributed by atoms with Crippen LogP contribution in [0.15, 0.2) is 11.6 Å². The molecule has 1 unspecified atom stereocenters. The highest BCUT2D eigenvalue weighted by Crippen LogP contribution is 2.24. The normalized spacial score (nSPS) is 24.5. The van der Waals surface area contributed by atoms with E-state index in [1.807, 2.05) is 0 Å². The van der Waals surface area contributed by atoms with Crippen LogP contribution in [-0.4, -0.2) is 6.29 Å². The molecule has 0 bridgehead atoms. The van der Waals surface area contributed by atoms with E-state index in [0.717, 1.165) is 25.5 Å². The number of aldehydes is 1. The zero-order valence-electron chi connectivity index (χ0n) is 7.18. The van der Waals surface area contributed by atoms with Gasteiger partial charge in [-0.25, -0.2) is 0 Å². The summed E-state index contributed by atoms with van der Waals surface area (Å²) < 4.78 is 0. The molecule has 1 atom stereocenters. The van der Waals surface area contributed by atoms with E-state index in [1.165, 1.54) is 12.8 Å². The summed E-state index contributed by atoms with van der Waals surface area (Å²) in [4.78, 5) is 10.4. The van der Waals surface area contributed by atoms with E-state index >= 15 is 0 Å². The second-order valence-corrected chi connectivity index (χ2v) is 3.28. The van der Waals surface area contributed by atoms with Gasteiger partial charge in [0.15, 0.2) is 0 Å². The largest absolute Gasteiger partial charge is 0.303 e.